The van der Waals surface area contributed by atoms with Gasteiger partial charge in [-0.15, -0.1) is 0 Å². The molecule has 1 atom stereocenters. The Hall–Kier alpha value is 0.0700. The van der Waals surface area contributed by atoms with Crippen LogP contribution < -0.4 is 0 Å². The Labute approximate surface area is 95.7 Å². The van der Waals surface area contributed by atoms with Gasteiger partial charge in [-0.25, -0.2) is 8.51 Å². The summed E-state index contributed by atoms with van der Waals surface area (Å²) in [5, 5.41) is 0. The highest BCUT2D eigenvalue weighted by Gasteiger charge is 2.23. The maximum atomic E-state index is 10.8. The molecule has 0 amide bonds. The van der Waals surface area contributed by atoms with E-state index in [9.17, 15) is 4.21 Å². The fourth-order valence-corrected chi connectivity index (χ4v) is 2.51. The largest absolute Gasteiger partial charge is 0.294 e. The fraction of sp³-hybridized carbons (Fsp3) is 1.00. The lowest BCUT2D eigenvalue weighted by Crippen LogP contribution is -2.35. The molecule has 1 fully saturated rings. The molecule has 3 nitrogen and oxygen atoms in total. The van der Waals surface area contributed by atoms with E-state index < -0.39 is 11.3 Å². The molecule has 1 rings (SSSR count). The minimum Gasteiger partial charge on any atom is -0.294 e. The van der Waals surface area contributed by atoms with Gasteiger partial charge in [0.1, 0.15) is 0 Å². The molecule has 0 aliphatic carbocycles. The summed E-state index contributed by atoms with van der Waals surface area (Å²) >= 11 is -1.75. The predicted molar refractivity (Wildman–Crippen MR) is 63.8 cm³/mol. The molecule has 1 unspecified atom stereocenters. The normalized spacial score (nSPS) is 22.9. The van der Waals surface area contributed by atoms with Crippen LogP contribution in [-0.2, 0) is 11.3 Å². The van der Waals surface area contributed by atoms with Crippen LogP contribution in [0.3, 0.4) is 0 Å². The minimum absolute atomic E-state index is 0.414. The van der Waals surface area contributed by atoms with Crippen molar-refractivity contribution in [3.63, 3.8) is 0 Å². The maximum absolute atomic E-state index is 10.8. The average molecular weight is 233 g/mol. The molecule has 90 valence electrons. The van der Waals surface area contributed by atoms with Crippen molar-refractivity contribution in [3.8, 4) is 0 Å². The first-order valence-electron chi connectivity index (χ1n) is 5.74. The van der Waals surface area contributed by atoms with Crippen LogP contribution >= 0.6 is 0 Å². The summed E-state index contributed by atoms with van der Waals surface area (Å²) in [5.41, 5.74) is 0.414. The van der Waals surface area contributed by atoms with Crippen LogP contribution in [0.1, 0.15) is 46.5 Å². The van der Waals surface area contributed by atoms with Gasteiger partial charge in [-0.2, -0.15) is 0 Å². The molecule has 1 aliphatic heterocycles. The summed E-state index contributed by atoms with van der Waals surface area (Å²) in [6.07, 6.45) is 4.65. The van der Waals surface area contributed by atoms with Crippen molar-refractivity contribution in [2.45, 2.75) is 46.5 Å². The van der Waals surface area contributed by atoms with E-state index >= 15 is 0 Å². The smallest absolute Gasteiger partial charge is 0.234 e. The van der Waals surface area contributed by atoms with E-state index in [1.165, 1.54) is 12.8 Å². The van der Waals surface area contributed by atoms with Crippen molar-refractivity contribution in [1.29, 1.82) is 0 Å². The highest BCUT2D eigenvalue weighted by atomic mass is 32.2. The zero-order valence-corrected chi connectivity index (χ0v) is 10.8. The second kappa shape index (κ2) is 5.41. The van der Waals surface area contributed by atoms with Gasteiger partial charge in [0.05, 0.1) is 0 Å². The van der Waals surface area contributed by atoms with Crippen LogP contribution in [0.4, 0.5) is 0 Å². The van der Waals surface area contributed by atoms with E-state index in [0.717, 1.165) is 31.8 Å². The van der Waals surface area contributed by atoms with Gasteiger partial charge >= 0.3 is 0 Å². The Kier molecular flexibility index (Phi) is 4.74. The third kappa shape index (κ3) is 5.09. The SMILES string of the molecule is CC(C)(C)CCC1CCN(S(=O)O)CC1. The third-order valence-electron chi connectivity index (χ3n) is 3.10. The summed E-state index contributed by atoms with van der Waals surface area (Å²) in [5.74, 6) is 0.754. The second-order valence-corrected chi connectivity index (χ2v) is 6.68. The van der Waals surface area contributed by atoms with Crippen LogP contribution in [0.25, 0.3) is 0 Å². The van der Waals surface area contributed by atoms with E-state index in [1.54, 1.807) is 4.31 Å². The lowest BCUT2D eigenvalue weighted by atomic mass is 9.84. The van der Waals surface area contributed by atoms with Gasteiger partial charge in [0.15, 0.2) is 0 Å². The van der Waals surface area contributed by atoms with Crippen molar-refractivity contribution >= 4 is 11.3 Å². The van der Waals surface area contributed by atoms with Gasteiger partial charge in [-0.05, 0) is 37.0 Å². The zero-order valence-electron chi connectivity index (χ0n) is 10.0. The quantitative estimate of drug-likeness (QED) is 0.761. The van der Waals surface area contributed by atoms with Gasteiger partial charge in [0.2, 0.25) is 11.3 Å². The van der Waals surface area contributed by atoms with Crippen LogP contribution in [0.5, 0.6) is 0 Å². The summed E-state index contributed by atoms with van der Waals surface area (Å²) in [6, 6.07) is 0. The summed E-state index contributed by atoms with van der Waals surface area (Å²) < 4.78 is 21.4. The van der Waals surface area contributed by atoms with E-state index in [4.69, 9.17) is 4.55 Å². The zero-order chi connectivity index (χ0) is 11.5. The molecule has 4 heteroatoms. The van der Waals surface area contributed by atoms with Crippen molar-refractivity contribution < 1.29 is 8.76 Å². The lowest BCUT2D eigenvalue weighted by molar-refractivity contribution is 0.232. The molecule has 0 saturated carbocycles. The van der Waals surface area contributed by atoms with E-state index in [-0.39, 0.29) is 0 Å². The molecule has 0 aromatic heterocycles. The highest BCUT2D eigenvalue weighted by Crippen LogP contribution is 2.28. The molecule has 1 aliphatic rings. The maximum Gasteiger partial charge on any atom is 0.234 e. The summed E-state index contributed by atoms with van der Waals surface area (Å²) in [6.45, 7) is 8.36. The van der Waals surface area contributed by atoms with Crippen molar-refractivity contribution in [2.24, 2.45) is 11.3 Å². The van der Waals surface area contributed by atoms with Gasteiger partial charge < -0.3 is 0 Å². The Bertz CT molecular complexity index is 217. The van der Waals surface area contributed by atoms with Gasteiger partial charge in [-0.3, -0.25) is 4.55 Å². The molecule has 0 spiro atoms. The molecule has 0 bridgehead atoms. The molecule has 0 radical (unpaired) electrons. The monoisotopic (exact) mass is 233 g/mol. The van der Waals surface area contributed by atoms with Crippen LogP contribution in [0.2, 0.25) is 0 Å². The number of nitrogens with zero attached hydrogens (tertiary/aromatic N) is 1. The van der Waals surface area contributed by atoms with Gasteiger partial charge in [0, 0.05) is 13.1 Å². The third-order valence-corrected chi connectivity index (χ3v) is 3.90. The number of rotatable bonds is 3. The Morgan fingerprint density at radius 2 is 1.87 bits per heavy atom. The molecular weight excluding hydrogens is 210 g/mol. The molecule has 0 aromatic carbocycles. The molecule has 0 aromatic rings. The fourth-order valence-electron chi connectivity index (χ4n) is 1.99. The van der Waals surface area contributed by atoms with Crippen LogP contribution in [0, 0.1) is 11.3 Å². The molecular formula is C11H23NO2S. The molecule has 15 heavy (non-hydrogen) atoms. The number of piperidine rings is 1. The van der Waals surface area contributed by atoms with E-state index in [0.29, 0.717) is 5.41 Å². The second-order valence-electron chi connectivity index (χ2n) is 5.70. The van der Waals surface area contributed by atoms with Gasteiger partial charge in [-0.1, -0.05) is 20.8 Å². The lowest BCUT2D eigenvalue weighted by Gasteiger charge is -2.30. The van der Waals surface area contributed by atoms with Gasteiger partial charge in [0.25, 0.3) is 0 Å². The standard InChI is InChI=1S/C11H23NO2S/c1-11(2,3)7-4-10-5-8-12(9-6-10)15(13)14/h10H,4-9H2,1-3H3,(H,13,14). The topological polar surface area (TPSA) is 40.5 Å². The first-order valence-corrected chi connectivity index (χ1v) is 6.81. The van der Waals surface area contributed by atoms with E-state index in [1.807, 2.05) is 0 Å². The summed E-state index contributed by atoms with van der Waals surface area (Å²) in [4.78, 5) is 0. The van der Waals surface area contributed by atoms with Crippen molar-refractivity contribution in [2.75, 3.05) is 13.1 Å². The molecule has 1 N–H and O–H groups in total. The first kappa shape index (κ1) is 13.1. The average Bonchev–Trinajstić information content (AvgIpc) is 2.14. The molecule has 1 heterocycles. The highest BCUT2D eigenvalue weighted by molar-refractivity contribution is 7.76. The van der Waals surface area contributed by atoms with E-state index in [2.05, 4.69) is 20.8 Å². The summed E-state index contributed by atoms with van der Waals surface area (Å²) in [7, 11) is 0. The number of hydrogen-bond acceptors (Lipinski definition) is 1. The van der Waals surface area contributed by atoms with Crippen LogP contribution in [-0.4, -0.2) is 26.2 Å². The van der Waals surface area contributed by atoms with Crippen LogP contribution in [0.15, 0.2) is 0 Å². The first-order chi connectivity index (χ1) is 6.88. The Morgan fingerprint density at radius 3 is 2.27 bits per heavy atom. The van der Waals surface area contributed by atoms with Crippen molar-refractivity contribution in [1.82, 2.24) is 4.31 Å². The molecule has 1 saturated heterocycles. The Morgan fingerprint density at radius 1 is 1.33 bits per heavy atom. The minimum atomic E-state index is -1.75. The predicted octanol–water partition coefficient (Wildman–Crippen LogP) is 2.66. The van der Waals surface area contributed by atoms with Crippen molar-refractivity contribution in [3.05, 3.63) is 0 Å². The Balaban J connectivity index is 2.23. The number of hydrogen-bond donors (Lipinski definition) is 1.